The molecule has 2 aromatic rings. The van der Waals surface area contributed by atoms with Crippen molar-refractivity contribution in [2.24, 2.45) is 0 Å². The van der Waals surface area contributed by atoms with Crippen LogP contribution in [0.2, 0.25) is 0 Å². The van der Waals surface area contributed by atoms with Crippen molar-refractivity contribution in [2.45, 2.75) is 35.1 Å². The molecule has 10 heteroatoms. The summed E-state index contributed by atoms with van der Waals surface area (Å²) in [6.45, 7) is 0.162. The highest BCUT2D eigenvalue weighted by Crippen LogP contribution is 2.22. The second-order valence-corrected chi connectivity index (χ2v) is 10.3. The highest BCUT2D eigenvalue weighted by Gasteiger charge is 2.28. The van der Waals surface area contributed by atoms with E-state index < -0.39 is 20.0 Å². The third kappa shape index (κ3) is 6.36. The number of carbonyl (C=O) groups is 1. The lowest BCUT2D eigenvalue weighted by Gasteiger charge is -2.09. The van der Waals surface area contributed by atoms with Crippen LogP contribution in [0.25, 0.3) is 0 Å². The molecule has 2 aromatic carbocycles. The predicted octanol–water partition coefficient (Wildman–Crippen LogP) is 0.765. The number of nitrogens with one attached hydrogen (secondary N) is 3. The smallest absolute Gasteiger partial charge is 0.240 e. The largest absolute Gasteiger partial charge is 0.355 e. The Balaban J connectivity index is 1.48. The van der Waals surface area contributed by atoms with Crippen LogP contribution in [0, 0.1) is 0 Å². The summed E-state index contributed by atoms with van der Waals surface area (Å²) in [7, 11) is -7.43. The van der Waals surface area contributed by atoms with Crippen molar-refractivity contribution in [3.63, 3.8) is 0 Å². The third-order valence-electron chi connectivity index (χ3n) is 4.29. The zero-order valence-electron chi connectivity index (χ0n) is 15.7. The molecule has 3 rings (SSSR count). The molecule has 0 heterocycles. The molecule has 1 saturated carbocycles. The molecular formula is C19H23N3O5S2. The van der Waals surface area contributed by atoms with Crippen LogP contribution in [-0.2, 0) is 31.3 Å². The van der Waals surface area contributed by atoms with Gasteiger partial charge in [0.05, 0.1) is 16.2 Å². The summed E-state index contributed by atoms with van der Waals surface area (Å²) in [6.07, 6.45) is 1.85. The summed E-state index contributed by atoms with van der Waals surface area (Å²) in [5.41, 5.74) is 0.872. The number of hydrogen-bond acceptors (Lipinski definition) is 5. The Labute approximate surface area is 170 Å². The fraction of sp³-hybridized carbons (Fsp3) is 0.316. The topological polar surface area (TPSA) is 121 Å². The Morgan fingerprint density at radius 3 is 2.00 bits per heavy atom. The zero-order valence-corrected chi connectivity index (χ0v) is 17.3. The number of hydrogen-bond donors (Lipinski definition) is 3. The molecule has 0 bridgehead atoms. The first kappa shape index (κ1) is 21.4. The molecule has 8 nitrogen and oxygen atoms in total. The minimum Gasteiger partial charge on any atom is -0.355 e. The van der Waals surface area contributed by atoms with Gasteiger partial charge in [-0.3, -0.25) is 4.79 Å². The van der Waals surface area contributed by atoms with E-state index in [1.165, 1.54) is 24.3 Å². The fourth-order valence-electron chi connectivity index (χ4n) is 2.60. The van der Waals surface area contributed by atoms with E-state index in [0.717, 1.165) is 18.4 Å². The summed E-state index contributed by atoms with van der Waals surface area (Å²) in [6, 6.07) is 14.2. The minimum atomic E-state index is -3.81. The fourth-order valence-corrected chi connectivity index (χ4v) is 4.94. The van der Waals surface area contributed by atoms with Gasteiger partial charge < -0.3 is 5.32 Å². The highest BCUT2D eigenvalue weighted by atomic mass is 32.2. The van der Waals surface area contributed by atoms with Crippen molar-refractivity contribution in [3.05, 3.63) is 60.2 Å². The molecule has 1 fully saturated rings. The molecule has 0 atom stereocenters. The number of amides is 1. The van der Waals surface area contributed by atoms with E-state index in [2.05, 4.69) is 14.8 Å². The average Bonchev–Trinajstić information content (AvgIpc) is 3.49. The summed E-state index contributed by atoms with van der Waals surface area (Å²) in [4.78, 5) is 11.8. The molecule has 29 heavy (non-hydrogen) atoms. The van der Waals surface area contributed by atoms with Crippen LogP contribution in [0.1, 0.15) is 18.4 Å². The van der Waals surface area contributed by atoms with Gasteiger partial charge in [0.2, 0.25) is 26.0 Å². The second kappa shape index (κ2) is 9.04. The molecule has 0 aromatic heterocycles. The standard InChI is InChI=1S/C19H23N3O5S2/c23-19(14-15-4-2-1-3-5-15)20-12-13-21-28(24,25)17-8-10-18(11-9-17)29(26,27)22-16-6-7-16/h1-5,8-11,16,21-22H,6-7,12-14H2,(H,20,23). The van der Waals surface area contributed by atoms with Gasteiger partial charge in [0, 0.05) is 19.1 Å². The first-order valence-electron chi connectivity index (χ1n) is 9.19. The van der Waals surface area contributed by atoms with Crippen LogP contribution in [-0.4, -0.2) is 41.9 Å². The lowest BCUT2D eigenvalue weighted by Crippen LogP contribution is -2.35. The van der Waals surface area contributed by atoms with Gasteiger partial charge in [-0.05, 0) is 42.7 Å². The number of sulfonamides is 2. The lowest BCUT2D eigenvalue weighted by molar-refractivity contribution is -0.120. The van der Waals surface area contributed by atoms with Gasteiger partial charge in [-0.25, -0.2) is 26.3 Å². The third-order valence-corrected chi connectivity index (χ3v) is 7.30. The Hall–Kier alpha value is -2.27. The molecule has 1 aliphatic carbocycles. The molecule has 3 N–H and O–H groups in total. The number of carbonyl (C=O) groups excluding carboxylic acids is 1. The maximum Gasteiger partial charge on any atom is 0.240 e. The van der Waals surface area contributed by atoms with Gasteiger partial charge in [-0.1, -0.05) is 30.3 Å². The molecule has 0 unspecified atom stereocenters. The van der Waals surface area contributed by atoms with Crippen molar-refractivity contribution in [1.29, 1.82) is 0 Å². The molecular weight excluding hydrogens is 414 g/mol. The SMILES string of the molecule is O=C(Cc1ccccc1)NCCNS(=O)(=O)c1ccc(S(=O)(=O)NC2CC2)cc1. The van der Waals surface area contributed by atoms with E-state index in [4.69, 9.17) is 0 Å². The highest BCUT2D eigenvalue weighted by molar-refractivity contribution is 7.90. The van der Waals surface area contributed by atoms with Crippen LogP contribution in [0.15, 0.2) is 64.4 Å². The Bertz CT molecular complexity index is 1050. The van der Waals surface area contributed by atoms with Gasteiger partial charge in [-0.15, -0.1) is 0 Å². The van der Waals surface area contributed by atoms with E-state index in [9.17, 15) is 21.6 Å². The normalized spacial score (nSPS) is 14.5. The average molecular weight is 438 g/mol. The van der Waals surface area contributed by atoms with E-state index in [1.54, 1.807) is 0 Å². The van der Waals surface area contributed by atoms with E-state index in [-0.39, 0.29) is 41.3 Å². The molecule has 0 radical (unpaired) electrons. The maximum atomic E-state index is 12.3. The molecule has 0 aliphatic heterocycles. The Morgan fingerprint density at radius 2 is 1.41 bits per heavy atom. The van der Waals surface area contributed by atoms with Crippen molar-refractivity contribution in [2.75, 3.05) is 13.1 Å². The molecule has 1 amide bonds. The minimum absolute atomic E-state index is 0.0200. The molecule has 0 saturated heterocycles. The van der Waals surface area contributed by atoms with E-state index >= 15 is 0 Å². The number of rotatable bonds is 10. The van der Waals surface area contributed by atoms with Crippen molar-refractivity contribution >= 4 is 26.0 Å². The molecule has 0 spiro atoms. The summed E-state index contributed by atoms with van der Waals surface area (Å²) in [5.74, 6) is -0.201. The van der Waals surface area contributed by atoms with E-state index in [0.29, 0.717) is 0 Å². The number of benzene rings is 2. The molecule has 1 aliphatic rings. The second-order valence-electron chi connectivity index (χ2n) is 6.78. The van der Waals surface area contributed by atoms with Gasteiger partial charge in [-0.2, -0.15) is 0 Å². The maximum absolute atomic E-state index is 12.3. The van der Waals surface area contributed by atoms with Crippen molar-refractivity contribution in [3.8, 4) is 0 Å². The zero-order chi connectivity index (χ0) is 20.9. The Morgan fingerprint density at radius 1 is 0.828 bits per heavy atom. The van der Waals surface area contributed by atoms with Gasteiger partial charge in [0.25, 0.3) is 0 Å². The van der Waals surface area contributed by atoms with E-state index in [1.807, 2.05) is 30.3 Å². The van der Waals surface area contributed by atoms with Gasteiger partial charge in [0.1, 0.15) is 0 Å². The Kier molecular flexibility index (Phi) is 6.68. The van der Waals surface area contributed by atoms with Crippen LogP contribution < -0.4 is 14.8 Å². The predicted molar refractivity (Wildman–Crippen MR) is 108 cm³/mol. The quantitative estimate of drug-likeness (QED) is 0.474. The van der Waals surface area contributed by atoms with Crippen LogP contribution in [0.4, 0.5) is 0 Å². The monoisotopic (exact) mass is 437 g/mol. The summed E-state index contributed by atoms with van der Waals surface area (Å²) in [5, 5.41) is 2.65. The van der Waals surface area contributed by atoms with Crippen molar-refractivity contribution < 1.29 is 21.6 Å². The summed E-state index contributed by atoms with van der Waals surface area (Å²) < 4.78 is 53.9. The molecule has 156 valence electrons. The van der Waals surface area contributed by atoms with Crippen LogP contribution >= 0.6 is 0 Å². The first-order valence-corrected chi connectivity index (χ1v) is 12.2. The summed E-state index contributed by atoms with van der Waals surface area (Å²) >= 11 is 0. The van der Waals surface area contributed by atoms with Crippen LogP contribution in [0.5, 0.6) is 0 Å². The van der Waals surface area contributed by atoms with Gasteiger partial charge >= 0.3 is 0 Å². The lowest BCUT2D eigenvalue weighted by atomic mass is 10.1. The van der Waals surface area contributed by atoms with Gasteiger partial charge in [0.15, 0.2) is 0 Å². The van der Waals surface area contributed by atoms with Crippen LogP contribution in [0.3, 0.4) is 0 Å². The van der Waals surface area contributed by atoms with Crippen molar-refractivity contribution in [1.82, 2.24) is 14.8 Å². The first-order chi connectivity index (χ1) is 13.8.